The predicted octanol–water partition coefficient (Wildman–Crippen LogP) is 27.7. The molecule has 468 valence electrons. The van der Waals surface area contributed by atoms with E-state index in [2.05, 4.69) is 374 Å². The molecule has 18 rings (SSSR count). The van der Waals surface area contributed by atoms with Crippen molar-refractivity contribution in [2.24, 2.45) is 0 Å². The Morgan fingerprint density at radius 1 is 0.135 bits per heavy atom. The van der Waals surface area contributed by atoms with Crippen molar-refractivity contribution >= 4 is 129 Å². The van der Waals surface area contributed by atoms with E-state index in [4.69, 9.17) is 0 Å². The van der Waals surface area contributed by atoms with Crippen molar-refractivity contribution in [3.05, 3.63) is 358 Å². The Balaban J connectivity index is 0.000000104. The van der Waals surface area contributed by atoms with Gasteiger partial charge < -0.3 is 0 Å². The maximum Gasteiger partial charge on any atom is -0.0119 e. The summed E-state index contributed by atoms with van der Waals surface area (Å²) >= 11 is 0. The van der Waals surface area contributed by atoms with Gasteiger partial charge in [0.2, 0.25) is 0 Å². The van der Waals surface area contributed by atoms with Crippen LogP contribution in [0.15, 0.2) is 291 Å². The molecule has 0 radical (unpaired) electrons. The largest absolute Gasteiger partial charge is 0.0616 e. The van der Waals surface area contributed by atoms with Crippen LogP contribution in [0.5, 0.6) is 0 Å². The Hall–Kier alpha value is -10.9. The second kappa shape index (κ2) is 27.6. The molecule has 0 amide bonds. The Kier molecular flexibility index (Phi) is 18.3. The minimum absolute atomic E-state index is 1.32. The molecule has 18 aromatic carbocycles. The molecule has 0 heteroatoms. The van der Waals surface area contributed by atoms with E-state index in [0.717, 1.165) is 0 Å². The lowest BCUT2D eigenvalue weighted by molar-refractivity contribution is 1.49. The molecule has 18 aromatic rings. The SMILES string of the molecule is Cc1ccc2cc3c(C)cccc3cc2c1.Cc1ccc2cc3cccc(C)c3cc2c1.Cc1ccc2cc3ccccc3c(C)c2c1.Cc1cccc2cc3c(C)cccc3cc12.Cc1cccc2cc3cccc(C)c3cc12.Cc1cccc2cc3ccccc3c(C)c12. The highest BCUT2D eigenvalue weighted by Crippen LogP contribution is 2.34. The van der Waals surface area contributed by atoms with Crippen LogP contribution in [0.2, 0.25) is 0 Å². The van der Waals surface area contributed by atoms with E-state index in [0.29, 0.717) is 0 Å². The number of rotatable bonds is 0. The molecule has 0 nitrogen and oxygen atoms in total. The zero-order valence-corrected chi connectivity index (χ0v) is 57.7. The maximum absolute atomic E-state index is 2.31. The highest BCUT2D eigenvalue weighted by atomic mass is 14.1. The van der Waals surface area contributed by atoms with Crippen LogP contribution < -0.4 is 0 Å². The third-order valence-corrected chi connectivity index (χ3v) is 19.7. The normalized spacial score (nSPS) is 11.1. The molecule has 0 unspecified atom stereocenters. The molecule has 0 atom stereocenters. The first-order chi connectivity index (χ1) is 46.5. The van der Waals surface area contributed by atoms with Crippen LogP contribution in [0.1, 0.15) is 66.8 Å². The molecule has 0 aliphatic heterocycles. The van der Waals surface area contributed by atoms with Crippen LogP contribution in [0.3, 0.4) is 0 Å². The summed E-state index contributed by atoms with van der Waals surface area (Å²) in [5.41, 5.74) is 16.2. The first kappa shape index (κ1) is 63.8. The molecule has 0 saturated carbocycles. The molecule has 0 N–H and O–H groups in total. The molecule has 0 aliphatic carbocycles. The summed E-state index contributed by atoms with van der Waals surface area (Å²) in [6.07, 6.45) is 0. The van der Waals surface area contributed by atoms with Gasteiger partial charge in [0.15, 0.2) is 0 Å². The smallest absolute Gasteiger partial charge is 0.0119 e. The Bertz CT molecular complexity index is 5770. The zero-order chi connectivity index (χ0) is 66.7. The van der Waals surface area contributed by atoms with Gasteiger partial charge in [-0.2, -0.15) is 0 Å². The summed E-state index contributed by atoms with van der Waals surface area (Å²) in [4.78, 5) is 0. The lowest BCUT2D eigenvalue weighted by Crippen LogP contribution is -1.85. The topological polar surface area (TPSA) is 0 Å². The summed E-state index contributed by atoms with van der Waals surface area (Å²) in [5.74, 6) is 0. The van der Waals surface area contributed by atoms with Crippen LogP contribution in [0, 0.1) is 83.1 Å². The van der Waals surface area contributed by atoms with Crippen molar-refractivity contribution < 1.29 is 0 Å². The summed E-state index contributed by atoms with van der Waals surface area (Å²) in [6.45, 7) is 26.1. The second-order valence-electron chi connectivity index (χ2n) is 26.7. The van der Waals surface area contributed by atoms with Crippen LogP contribution in [0.25, 0.3) is 129 Å². The average molecular weight is 1240 g/mol. The van der Waals surface area contributed by atoms with Gasteiger partial charge in [-0.3, -0.25) is 0 Å². The van der Waals surface area contributed by atoms with Gasteiger partial charge in [0.1, 0.15) is 0 Å². The first-order valence-electron chi connectivity index (χ1n) is 33.9. The van der Waals surface area contributed by atoms with Crippen LogP contribution >= 0.6 is 0 Å². The lowest BCUT2D eigenvalue weighted by atomic mass is 9.95. The van der Waals surface area contributed by atoms with E-state index >= 15 is 0 Å². The summed E-state index contributed by atoms with van der Waals surface area (Å²) in [5, 5.41) is 32.3. The van der Waals surface area contributed by atoms with Gasteiger partial charge in [0.25, 0.3) is 0 Å². The molecule has 0 saturated heterocycles. The third-order valence-electron chi connectivity index (χ3n) is 19.7. The highest BCUT2D eigenvalue weighted by Gasteiger charge is 2.09. The van der Waals surface area contributed by atoms with Gasteiger partial charge in [-0.25, -0.2) is 0 Å². The van der Waals surface area contributed by atoms with Gasteiger partial charge in [-0.15, -0.1) is 0 Å². The highest BCUT2D eigenvalue weighted by molar-refractivity contribution is 6.06. The van der Waals surface area contributed by atoms with Gasteiger partial charge in [-0.05, 0) is 323 Å². The molecule has 0 bridgehead atoms. The quantitative estimate of drug-likeness (QED) is 0.133. The van der Waals surface area contributed by atoms with Crippen LogP contribution in [-0.2, 0) is 0 Å². The Labute approximate surface area is 566 Å². The second-order valence-corrected chi connectivity index (χ2v) is 26.7. The van der Waals surface area contributed by atoms with E-state index in [-0.39, 0.29) is 0 Å². The molecule has 0 fully saturated rings. The summed E-state index contributed by atoms with van der Waals surface area (Å²) < 4.78 is 0. The van der Waals surface area contributed by atoms with Crippen molar-refractivity contribution in [2.45, 2.75) is 83.1 Å². The first-order valence-corrected chi connectivity index (χ1v) is 33.9. The molecular weight excluding hydrogens is 1150 g/mol. The molecule has 96 heavy (non-hydrogen) atoms. The summed E-state index contributed by atoms with van der Waals surface area (Å²) in [6, 6.07) is 105. The van der Waals surface area contributed by atoms with Crippen molar-refractivity contribution in [3.63, 3.8) is 0 Å². The fraction of sp³-hybridized carbons (Fsp3) is 0.125. The maximum atomic E-state index is 2.31. The zero-order valence-electron chi connectivity index (χ0n) is 57.7. The predicted molar refractivity (Wildman–Crippen MR) is 426 cm³/mol. The Morgan fingerprint density at radius 3 is 0.844 bits per heavy atom. The van der Waals surface area contributed by atoms with E-state index in [1.165, 1.54) is 196 Å². The molecule has 0 aliphatic rings. The molecule has 0 spiro atoms. The molecule has 0 heterocycles. The van der Waals surface area contributed by atoms with Crippen molar-refractivity contribution in [1.82, 2.24) is 0 Å². The average Bonchev–Trinajstić information content (AvgIpc) is 0.796. The number of benzene rings is 18. The summed E-state index contributed by atoms with van der Waals surface area (Å²) in [7, 11) is 0. The number of hydrogen-bond donors (Lipinski definition) is 0. The van der Waals surface area contributed by atoms with Gasteiger partial charge in [0, 0.05) is 0 Å². The number of fused-ring (bicyclic) bond motifs is 12. The van der Waals surface area contributed by atoms with Crippen molar-refractivity contribution in [2.75, 3.05) is 0 Å². The van der Waals surface area contributed by atoms with Gasteiger partial charge in [0.05, 0.1) is 0 Å². The Morgan fingerprint density at radius 2 is 0.396 bits per heavy atom. The van der Waals surface area contributed by atoms with Gasteiger partial charge in [-0.1, -0.05) is 247 Å². The van der Waals surface area contributed by atoms with E-state index in [1.807, 2.05) is 0 Å². The monoisotopic (exact) mass is 1240 g/mol. The standard InChI is InChI=1S/6C16H14/c1-11-5-3-7-13-10-16-12(2)6-4-8-14(16)9-15(11)13;1-11-5-3-7-13-9-14-8-4-6-12(2)16(14)10-15(11)13;1-11-6-5-8-14-10-13-7-3-4-9-15(13)12(2)16(11)14;1-11-6-7-13-10-16-12(2)4-3-5-14(16)9-15(13)8-11;1-11-6-7-13-9-14-5-3-4-12(2)16(14)10-15(13)8-11;1-11-7-8-14-10-13-5-3-4-6-15(13)12(2)16(14)9-11/h6*3-10H,1-2H3. The minimum Gasteiger partial charge on any atom is -0.0616 e. The van der Waals surface area contributed by atoms with E-state index < -0.39 is 0 Å². The lowest BCUT2D eigenvalue weighted by Gasteiger charge is -2.09. The minimum atomic E-state index is 1.32. The van der Waals surface area contributed by atoms with E-state index in [1.54, 1.807) is 0 Å². The van der Waals surface area contributed by atoms with E-state index in [9.17, 15) is 0 Å². The number of hydrogen-bond acceptors (Lipinski definition) is 0. The fourth-order valence-electron chi connectivity index (χ4n) is 14.3. The molecular formula is C96H84. The van der Waals surface area contributed by atoms with Gasteiger partial charge >= 0.3 is 0 Å². The fourth-order valence-corrected chi connectivity index (χ4v) is 14.3. The third kappa shape index (κ3) is 13.4. The number of aryl methyl sites for hydroxylation is 12. The van der Waals surface area contributed by atoms with Crippen molar-refractivity contribution in [3.8, 4) is 0 Å². The van der Waals surface area contributed by atoms with Crippen LogP contribution in [0.4, 0.5) is 0 Å². The molecule has 0 aromatic heterocycles. The van der Waals surface area contributed by atoms with Crippen LogP contribution in [-0.4, -0.2) is 0 Å². The van der Waals surface area contributed by atoms with Crippen molar-refractivity contribution in [1.29, 1.82) is 0 Å².